The van der Waals surface area contributed by atoms with E-state index in [0.29, 0.717) is 0 Å². The average molecular weight is 285 g/mol. The van der Waals surface area contributed by atoms with Crippen LogP contribution >= 0.6 is 15.9 Å². The van der Waals surface area contributed by atoms with Gasteiger partial charge in [0.05, 0.1) is 4.47 Å². The number of nitrogens with zero attached hydrogens (tertiary/aromatic N) is 2. The van der Waals surface area contributed by atoms with Gasteiger partial charge in [-0.15, -0.1) is 0 Å². The summed E-state index contributed by atoms with van der Waals surface area (Å²) in [4.78, 5) is 6.61. The van der Waals surface area contributed by atoms with Crippen LogP contribution in [0, 0.1) is 5.92 Å². The highest BCUT2D eigenvalue weighted by atomic mass is 79.9. The zero-order valence-corrected chi connectivity index (χ0v) is 11.1. The fourth-order valence-corrected chi connectivity index (χ4v) is 2.62. The molecule has 16 heavy (non-hydrogen) atoms. The second-order valence-electron chi connectivity index (χ2n) is 4.25. The molecule has 0 aliphatic carbocycles. The summed E-state index contributed by atoms with van der Waals surface area (Å²) in [7, 11) is 2.10. The Morgan fingerprint density at radius 3 is 2.94 bits per heavy atom. The molecule has 1 aromatic heterocycles. The number of halogens is 1. The van der Waals surface area contributed by atoms with E-state index in [2.05, 4.69) is 32.9 Å². The zero-order valence-electron chi connectivity index (χ0n) is 9.53. The first-order valence-electron chi connectivity index (χ1n) is 5.67. The first-order chi connectivity index (χ1) is 7.77. The lowest BCUT2D eigenvalue weighted by molar-refractivity contribution is 0.0685. The van der Waals surface area contributed by atoms with Gasteiger partial charge in [-0.2, -0.15) is 0 Å². The molecule has 1 fully saturated rings. The highest BCUT2D eigenvalue weighted by Crippen LogP contribution is 2.24. The largest absolute Gasteiger partial charge is 0.381 e. The maximum atomic E-state index is 5.37. The van der Waals surface area contributed by atoms with Gasteiger partial charge in [-0.3, -0.25) is 0 Å². The van der Waals surface area contributed by atoms with Crippen LogP contribution in [0.25, 0.3) is 0 Å². The van der Waals surface area contributed by atoms with Crippen molar-refractivity contribution in [1.29, 1.82) is 0 Å². The van der Waals surface area contributed by atoms with Crippen molar-refractivity contribution in [3.8, 4) is 0 Å². The first kappa shape index (κ1) is 11.9. The highest BCUT2D eigenvalue weighted by molar-refractivity contribution is 9.10. The molecule has 2 rings (SSSR count). The molecule has 2 heterocycles. The summed E-state index contributed by atoms with van der Waals surface area (Å²) in [5.74, 6) is 1.75. The summed E-state index contributed by atoms with van der Waals surface area (Å²) in [5, 5.41) is 0. The Labute approximate surface area is 105 Å². The Hall–Kier alpha value is -0.610. The molecule has 0 atom stereocenters. The van der Waals surface area contributed by atoms with Gasteiger partial charge in [-0.25, -0.2) is 4.98 Å². The van der Waals surface area contributed by atoms with Crippen molar-refractivity contribution < 1.29 is 4.74 Å². The summed E-state index contributed by atoms with van der Waals surface area (Å²) in [6.07, 6.45) is 4.16. The van der Waals surface area contributed by atoms with Crippen LogP contribution in [0.15, 0.2) is 22.8 Å². The normalized spacial score (nSPS) is 17.4. The summed E-state index contributed by atoms with van der Waals surface area (Å²) in [6.45, 7) is 2.86. The Kier molecular flexibility index (Phi) is 4.18. The molecule has 0 N–H and O–H groups in total. The van der Waals surface area contributed by atoms with Gasteiger partial charge in [0.1, 0.15) is 5.82 Å². The van der Waals surface area contributed by atoms with E-state index in [-0.39, 0.29) is 0 Å². The number of ether oxygens (including phenoxy) is 1. The molecule has 1 aliphatic rings. The molecule has 1 aliphatic heterocycles. The second kappa shape index (κ2) is 5.64. The average Bonchev–Trinajstić information content (AvgIpc) is 2.31. The third kappa shape index (κ3) is 2.95. The predicted molar refractivity (Wildman–Crippen MR) is 68.8 cm³/mol. The predicted octanol–water partition coefficient (Wildman–Crippen LogP) is 2.71. The van der Waals surface area contributed by atoms with Crippen molar-refractivity contribution in [2.45, 2.75) is 12.8 Å². The number of hydrogen-bond donors (Lipinski definition) is 0. The van der Waals surface area contributed by atoms with Crippen molar-refractivity contribution in [3.05, 3.63) is 22.8 Å². The van der Waals surface area contributed by atoms with Crippen LogP contribution in [-0.4, -0.2) is 31.8 Å². The van der Waals surface area contributed by atoms with Gasteiger partial charge in [0, 0.05) is 33.0 Å². The standard InChI is InChI=1S/C12H17BrN2O/c1-15(9-10-4-7-16-8-5-10)12-11(13)3-2-6-14-12/h2-3,6,10H,4-5,7-9H2,1H3. The lowest BCUT2D eigenvalue weighted by atomic mass is 10.00. The van der Waals surface area contributed by atoms with Gasteiger partial charge in [0.2, 0.25) is 0 Å². The molecular formula is C12H17BrN2O. The van der Waals surface area contributed by atoms with Gasteiger partial charge in [0.15, 0.2) is 0 Å². The van der Waals surface area contributed by atoms with Crippen molar-refractivity contribution in [1.82, 2.24) is 4.98 Å². The molecule has 0 saturated carbocycles. The number of rotatable bonds is 3. The molecule has 1 aromatic rings. The lowest BCUT2D eigenvalue weighted by Gasteiger charge is -2.28. The minimum absolute atomic E-state index is 0.729. The van der Waals surface area contributed by atoms with Gasteiger partial charge >= 0.3 is 0 Å². The van der Waals surface area contributed by atoms with Crippen LogP contribution < -0.4 is 4.90 Å². The minimum Gasteiger partial charge on any atom is -0.381 e. The smallest absolute Gasteiger partial charge is 0.142 e. The van der Waals surface area contributed by atoms with E-state index in [9.17, 15) is 0 Å². The fraction of sp³-hybridized carbons (Fsp3) is 0.583. The number of hydrogen-bond acceptors (Lipinski definition) is 3. The van der Waals surface area contributed by atoms with Crippen molar-refractivity contribution in [2.24, 2.45) is 5.92 Å². The highest BCUT2D eigenvalue weighted by Gasteiger charge is 2.17. The van der Waals surface area contributed by atoms with E-state index >= 15 is 0 Å². The van der Waals surface area contributed by atoms with Gasteiger partial charge in [0.25, 0.3) is 0 Å². The van der Waals surface area contributed by atoms with Crippen LogP contribution in [0.1, 0.15) is 12.8 Å². The molecule has 0 amide bonds. The molecule has 0 bridgehead atoms. The van der Waals surface area contributed by atoms with Gasteiger partial charge < -0.3 is 9.64 Å². The summed E-state index contributed by atoms with van der Waals surface area (Å²) >= 11 is 3.53. The van der Waals surface area contributed by atoms with Crippen molar-refractivity contribution >= 4 is 21.7 Å². The summed E-state index contributed by atoms with van der Waals surface area (Å²) in [6, 6.07) is 3.97. The van der Waals surface area contributed by atoms with E-state index in [1.165, 1.54) is 0 Å². The Morgan fingerprint density at radius 1 is 1.50 bits per heavy atom. The van der Waals surface area contributed by atoms with E-state index in [1.54, 1.807) is 0 Å². The Morgan fingerprint density at radius 2 is 2.25 bits per heavy atom. The second-order valence-corrected chi connectivity index (χ2v) is 5.10. The van der Waals surface area contributed by atoms with Crippen LogP contribution in [0.2, 0.25) is 0 Å². The van der Waals surface area contributed by atoms with Crippen LogP contribution in [0.5, 0.6) is 0 Å². The van der Waals surface area contributed by atoms with E-state index in [1.807, 2.05) is 18.3 Å². The Balaban J connectivity index is 1.96. The SMILES string of the molecule is CN(CC1CCOCC1)c1ncccc1Br. The summed E-state index contributed by atoms with van der Waals surface area (Å²) < 4.78 is 6.43. The van der Waals surface area contributed by atoms with Crippen LogP contribution in [0.4, 0.5) is 5.82 Å². The molecule has 3 nitrogen and oxygen atoms in total. The van der Waals surface area contributed by atoms with Crippen molar-refractivity contribution in [2.75, 3.05) is 31.7 Å². The molecule has 1 saturated heterocycles. The van der Waals surface area contributed by atoms with Crippen molar-refractivity contribution in [3.63, 3.8) is 0 Å². The number of aromatic nitrogens is 1. The minimum atomic E-state index is 0.729. The molecule has 0 aromatic carbocycles. The number of anilines is 1. The fourth-order valence-electron chi connectivity index (χ4n) is 2.06. The van der Waals surface area contributed by atoms with E-state index < -0.39 is 0 Å². The molecule has 0 unspecified atom stereocenters. The maximum absolute atomic E-state index is 5.37. The lowest BCUT2D eigenvalue weighted by Crippen LogP contribution is -2.30. The molecule has 4 heteroatoms. The first-order valence-corrected chi connectivity index (χ1v) is 6.46. The van der Waals surface area contributed by atoms with Crippen LogP contribution in [-0.2, 0) is 4.74 Å². The molecule has 0 radical (unpaired) electrons. The third-order valence-electron chi connectivity index (χ3n) is 2.97. The Bertz CT molecular complexity index is 340. The molecular weight excluding hydrogens is 268 g/mol. The van der Waals surface area contributed by atoms with E-state index in [4.69, 9.17) is 4.74 Å². The van der Waals surface area contributed by atoms with Crippen LogP contribution in [0.3, 0.4) is 0 Å². The van der Waals surface area contributed by atoms with E-state index in [0.717, 1.165) is 48.8 Å². The zero-order chi connectivity index (χ0) is 11.4. The summed E-state index contributed by atoms with van der Waals surface area (Å²) in [5.41, 5.74) is 0. The van der Waals surface area contributed by atoms with Gasteiger partial charge in [-0.05, 0) is 46.8 Å². The third-order valence-corrected chi connectivity index (χ3v) is 3.59. The number of pyridine rings is 1. The maximum Gasteiger partial charge on any atom is 0.142 e. The topological polar surface area (TPSA) is 25.4 Å². The monoisotopic (exact) mass is 284 g/mol. The molecule has 88 valence electrons. The van der Waals surface area contributed by atoms with Gasteiger partial charge in [-0.1, -0.05) is 0 Å². The quantitative estimate of drug-likeness (QED) is 0.854. The molecule has 0 spiro atoms.